The quantitative estimate of drug-likeness (QED) is 0.547. The largest absolute Gasteiger partial charge is 0.493 e. The van der Waals surface area contributed by atoms with Crippen LogP contribution in [-0.2, 0) is 13.2 Å². The lowest BCUT2D eigenvalue weighted by atomic mass is 10.1. The van der Waals surface area contributed by atoms with Gasteiger partial charge in [0.1, 0.15) is 6.61 Å². The van der Waals surface area contributed by atoms with Crippen LogP contribution in [0.5, 0.6) is 11.5 Å². The summed E-state index contributed by atoms with van der Waals surface area (Å²) in [6.07, 6.45) is -0.537. The monoisotopic (exact) mass is 397 g/mol. The molecule has 3 aromatic carbocycles. The van der Waals surface area contributed by atoms with E-state index < -0.39 is 6.10 Å². The van der Waals surface area contributed by atoms with E-state index in [1.807, 2.05) is 72.8 Å². The maximum Gasteiger partial charge on any atom is 0.161 e. The molecule has 0 spiro atoms. The molecule has 146 valence electrons. The highest BCUT2D eigenvalue weighted by Gasteiger charge is 2.09. The van der Waals surface area contributed by atoms with E-state index in [9.17, 15) is 5.11 Å². The van der Waals surface area contributed by atoms with E-state index in [1.165, 1.54) is 0 Å². The Hall–Kier alpha value is -2.53. The van der Waals surface area contributed by atoms with Crippen molar-refractivity contribution in [3.63, 3.8) is 0 Å². The second-order valence-corrected chi connectivity index (χ2v) is 6.89. The topological polar surface area (TPSA) is 50.7 Å². The highest BCUT2D eigenvalue weighted by Crippen LogP contribution is 2.29. The van der Waals surface area contributed by atoms with Crippen LogP contribution in [-0.4, -0.2) is 18.8 Å². The van der Waals surface area contributed by atoms with E-state index in [2.05, 4.69) is 5.32 Å². The first-order valence-electron chi connectivity index (χ1n) is 9.13. The first-order valence-corrected chi connectivity index (χ1v) is 9.51. The van der Waals surface area contributed by atoms with Crippen LogP contribution in [0.1, 0.15) is 22.8 Å². The van der Waals surface area contributed by atoms with Gasteiger partial charge in [-0.25, -0.2) is 0 Å². The van der Waals surface area contributed by atoms with Crippen molar-refractivity contribution >= 4 is 11.6 Å². The number of aliphatic hydroxyl groups is 1. The molecule has 0 fully saturated rings. The van der Waals surface area contributed by atoms with Crippen LogP contribution in [0, 0.1) is 0 Å². The molecule has 0 radical (unpaired) electrons. The molecule has 0 aliphatic rings. The average molecular weight is 398 g/mol. The van der Waals surface area contributed by atoms with Gasteiger partial charge in [0.15, 0.2) is 11.5 Å². The van der Waals surface area contributed by atoms with Gasteiger partial charge in [-0.3, -0.25) is 0 Å². The standard InChI is InChI=1S/C23H24ClNO3/c1-27-23-13-18(14-25-15-21(26)19-5-3-2-4-6-19)9-12-22(23)28-16-17-7-10-20(24)11-8-17/h2-13,21,25-26H,14-16H2,1H3/t21-/m1/s1. The summed E-state index contributed by atoms with van der Waals surface area (Å²) < 4.78 is 11.3. The normalized spacial score (nSPS) is 11.8. The van der Waals surface area contributed by atoms with Crippen LogP contribution in [0.2, 0.25) is 5.02 Å². The second kappa shape index (κ2) is 10.1. The molecule has 0 unspecified atom stereocenters. The van der Waals surface area contributed by atoms with Gasteiger partial charge in [0, 0.05) is 18.1 Å². The molecule has 5 heteroatoms. The summed E-state index contributed by atoms with van der Waals surface area (Å²) in [5, 5.41) is 14.2. The summed E-state index contributed by atoms with van der Waals surface area (Å²) in [6.45, 7) is 1.53. The lowest BCUT2D eigenvalue weighted by Gasteiger charge is -2.14. The minimum Gasteiger partial charge on any atom is -0.493 e. The highest BCUT2D eigenvalue weighted by molar-refractivity contribution is 6.30. The van der Waals surface area contributed by atoms with Gasteiger partial charge in [-0.2, -0.15) is 0 Å². The third-order valence-electron chi connectivity index (χ3n) is 4.39. The summed E-state index contributed by atoms with van der Waals surface area (Å²) in [4.78, 5) is 0. The molecule has 0 saturated carbocycles. The van der Waals surface area contributed by atoms with E-state index >= 15 is 0 Å². The number of hydrogen-bond acceptors (Lipinski definition) is 4. The van der Waals surface area contributed by atoms with Crippen molar-refractivity contribution in [2.75, 3.05) is 13.7 Å². The molecule has 0 amide bonds. The summed E-state index contributed by atoms with van der Waals surface area (Å²) in [5.41, 5.74) is 2.99. The Kier molecular flexibility index (Phi) is 7.31. The first-order chi connectivity index (χ1) is 13.7. The van der Waals surface area contributed by atoms with Crippen molar-refractivity contribution in [1.29, 1.82) is 0 Å². The fourth-order valence-corrected chi connectivity index (χ4v) is 2.96. The van der Waals surface area contributed by atoms with Crippen LogP contribution in [0.3, 0.4) is 0 Å². The Morgan fingerprint density at radius 3 is 2.36 bits per heavy atom. The van der Waals surface area contributed by atoms with Crippen LogP contribution in [0.15, 0.2) is 72.8 Å². The molecule has 2 N–H and O–H groups in total. The minimum atomic E-state index is -0.537. The maximum absolute atomic E-state index is 10.2. The molecule has 3 aromatic rings. The SMILES string of the molecule is COc1cc(CNC[C@@H](O)c2ccccc2)ccc1OCc1ccc(Cl)cc1. The number of aliphatic hydroxyl groups excluding tert-OH is 1. The molecule has 0 aliphatic heterocycles. The molecular weight excluding hydrogens is 374 g/mol. The van der Waals surface area contributed by atoms with Gasteiger partial charge in [0.05, 0.1) is 13.2 Å². The van der Waals surface area contributed by atoms with Crippen molar-refractivity contribution in [2.45, 2.75) is 19.3 Å². The molecule has 1 atom stereocenters. The van der Waals surface area contributed by atoms with E-state index in [4.69, 9.17) is 21.1 Å². The molecular formula is C23H24ClNO3. The number of methoxy groups -OCH3 is 1. The summed E-state index contributed by atoms with van der Waals surface area (Å²) in [5.74, 6) is 1.36. The minimum absolute atomic E-state index is 0.439. The van der Waals surface area contributed by atoms with Crippen molar-refractivity contribution < 1.29 is 14.6 Å². The molecule has 28 heavy (non-hydrogen) atoms. The Balaban J connectivity index is 1.54. The predicted octanol–water partition coefficient (Wildman–Crippen LogP) is 4.75. The number of rotatable bonds is 9. The average Bonchev–Trinajstić information content (AvgIpc) is 2.74. The first kappa shape index (κ1) is 20.2. The van der Waals surface area contributed by atoms with Gasteiger partial charge >= 0.3 is 0 Å². The van der Waals surface area contributed by atoms with E-state index in [0.29, 0.717) is 36.2 Å². The summed E-state index contributed by atoms with van der Waals surface area (Å²) in [7, 11) is 1.63. The third-order valence-corrected chi connectivity index (χ3v) is 4.64. The van der Waals surface area contributed by atoms with Gasteiger partial charge in [-0.05, 0) is 41.0 Å². The highest BCUT2D eigenvalue weighted by atomic mass is 35.5. The smallest absolute Gasteiger partial charge is 0.161 e. The van der Waals surface area contributed by atoms with Crippen molar-refractivity contribution in [2.24, 2.45) is 0 Å². The van der Waals surface area contributed by atoms with Gasteiger partial charge in [0.2, 0.25) is 0 Å². The van der Waals surface area contributed by atoms with Gasteiger partial charge in [0.25, 0.3) is 0 Å². The molecule has 4 nitrogen and oxygen atoms in total. The Bertz CT molecular complexity index is 869. The molecule has 0 bridgehead atoms. The molecule has 0 aliphatic carbocycles. The summed E-state index contributed by atoms with van der Waals surface area (Å²) >= 11 is 5.91. The number of hydrogen-bond donors (Lipinski definition) is 2. The third kappa shape index (κ3) is 5.73. The molecule has 0 saturated heterocycles. The fraction of sp³-hybridized carbons (Fsp3) is 0.217. The Morgan fingerprint density at radius 2 is 1.64 bits per heavy atom. The van der Waals surface area contributed by atoms with Gasteiger partial charge in [-0.1, -0.05) is 60.1 Å². The van der Waals surface area contributed by atoms with E-state index in [1.54, 1.807) is 7.11 Å². The van der Waals surface area contributed by atoms with Gasteiger partial charge in [-0.15, -0.1) is 0 Å². The zero-order chi connectivity index (χ0) is 19.8. The maximum atomic E-state index is 10.2. The van der Waals surface area contributed by atoms with Crippen LogP contribution >= 0.6 is 11.6 Å². The van der Waals surface area contributed by atoms with Crippen molar-refractivity contribution in [1.82, 2.24) is 5.32 Å². The fourth-order valence-electron chi connectivity index (χ4n) is 2.83. The number of nitrogens with one attached hydrogen (secondary N) is 1. The Labute approximate surface area is 170 Å². The van der Waals surface area contributed by atoms with Gasteiger partial charge < -0.3 is 19.9 Å². The number of ether oxygens (including phenoxy) is 2. The van der Waals surface area contributed by atoms with Crippen molar-refractivity contribution in [3.8, 4) is 11.5 Å². The zero-order valence-corrected chi connectivity index (χ0v) is 16.5. The molecule has 0 heterocycles. The lowest BCUT2D eigenvalue weighted by molar-refractivity contribution is 0.174. The van der Waals surface area contributed by atoms with E-state index in [0.717, 1.165) is 16.7 Å². The van der Waals surface area contributed by atoms with Crippen LogP contribution in [0.4, 0.5) is 0 Å². The number of benzene rings is 3. The Morgan fingerprint density at radius 1 is 0.929 bits per heavy atom. The lowest BCUT2D eigenvalue weighted by Crippen LogP contribution is -2.21. The van der Waals surface area contributed by atoms with E-state index in [-0.39, 0.29) is 0 Å². The molecule has 0 aromatic heterocycles. The summed E-state index contributed by atoms with van der Waals surface area (Å²) in [6, 6.07) is 23.0. The van der Waals surface area contributed by atoms with Crippen LogP contribution < -0.4 is 14.8 Å². The zero-order valence-electron chi connectivity index (χ0n) is 15.8. The number of halogens is 1. The van der Waals surface area contributed by atoms with Crippen molar-refractivity contribution in [3.05, 3.63) is 94.5 Å². The second-order valence-electron chi connectivity index (χ2n) is 6.46. The van der Waals surface area contributed by atoms with Crippen LogP contribution in [0.25, 0.3) is 0 Å². The predicted molar refractivity (Wildman–Crippen MR) is 112 cm³/mol. The molecule has 3 rings (SSSR count).